The third kappa shape index (κ3) is 4.39. The third-order valence-corrected chi connectivity index (χ3v) is 4.80. The summed E-state index contributed by atoms with van der Waals surface area (Å²) in [6.07, 6.45) is 10.3. The summed E-state index contributed by atoms with van der Waals surface area (Å²) in [6, 6.07) is 8.84. The first-order valence-electron chi connectivity index (χ1n) is 9.37. The van der Waals surface area contributed by atoms with Crippen LogP contribution in [0.5, 0.6) is 11.5 Å². The lowest BCUT2D eigenvalue weighted by atomic mass is 9.97. The van der Waals surface area contributed by atoms with E-state index in [0.29, 0.717) is 22.9 Å². The predicted octanol–water partition coefficient (Wildman–Crippen LogP) is 4.37. The van der Waals surface area contributed by atoms with Crippen molar-refractivity contribution in [2.75, 3.05) is 24.0 Å². The van der Waals surface area contributed by atoms with Crippen LogP contribution in [0.1, 0.15) is 42.5 Å². The molecule has 0 saturated heterocycles. The lowest BCUT2D eigenvalue weighted by molar-refractivity contribution is 0.102. The van der Waals surface area contributed by atoms with Crippen molar-refractivity contribution in [3.63, 3.8) is 0 Å². The molecular weight excluding hydrogens is 342 g/mol. The summed E-state index contributed by atoms with van der Waals surface area (Å²) in [7, 11) is 0. The normalized spacial score (nSPS) is 15.2. The molecule has 1 aromatic carbocycles. The molecule has 140 valence electrons. The average molecular weight is 365 g/mol. The third-order valence-electron chi connectivity index (χ3n) is 4.80. The summed E-state index contributed by atoms with van der Waals surface area (Å²) in [5.41, 5.74) is 3.01. The van der Waals surface area contributed by atoms with Crippen LogP contribution in [0.2, 0.25) is 0 Å². The number of carbonyl (C=O) groups is 1. The zero-order valence-corrected chi connectivity index (χ0v) is 15.2. The van der Waals surface area contributed by atoms with Crippen LogP contribution in [0.3, 0.4) is 0 Å². The Balaban J connectivity index is 1.29. The number of anilines is 2. The highest BCUT2D eigenvalue weighted by atomic mass is 16.7. The maximum absolute atomic E-state index is 12.4. The standard InChI is InChI=1S/C21H23N3O3/c25-21(16-6-8-18-19(12-16)27-14-26-18)24-20-9-7-17(13-23-20)22-11-10-15-4-2-1-3-5-15/h4,6-9,12-13,22H,1-3,5,10-11,14H2,(H,23,24,25). The first-order chi connectivity index (χ1) is 13.3. The minimum atomic E-state index is -0.231. The van der Waals surface area contributed by atoms with Crippen molar-refractivity contribution in [3.05, 3.63) is 53.7 Å². The molecule has 1 aliphatic carbocycles. The van der Waals surface area contributed by atoms with Gasteiger partial charge < -0.3 is 20.1 Å². The molecule has 0 atom stereocenters. The molecule has 27 heavy (non-hydrogen) atoms. The van der Waals surface area contributed by atoms with Gasteiger partial charge in [0.15, 0.2) is 11.5 Å². The Morgan fingerprint density at radius 2 is 2.04 bits per heavy atom. The van der Waals surface area contributed by atoms with Crippen molar-refractivity contribution in [1.29, 1.82) is 0 Å². The van der Waals surface area contributed by atoms with E-state index in [1.54, 1.807) is 36.0 Å². The second-order valence-corrected chi connectivity index (χ2v) is 6.74. The molecule has 6 heteroatoms. The fourth-order valence-electron chi connectivity index (χ4n) is 3.30. The predicted molar refractivity (Wildman–Crippen MR) is 104 cm³/mol. The molecule has 0 radical (unpaired) electrons. The quantitative estimate of drug-likeness (QED) is 0.744. The summed E-state index contributed by atoms with van der Waals surface area (Å²) in [5, 5.41) is 6.19. The van der Waals surface area contributed by atoms with E-state index in [0.717, 1.165) is 18.7 Å². The van der Waals surface area contributed by atoms with E-state index in [1.165, 1.54) is 25.7 Å². The largest absolute Gasteiger partial charge is 0.454 e. The summed E-state index contributed by atoms with van der Waals surface area (Å²) in [5.74, 6) is 1.52. The number of benzene rings is 1. The van der Waals surface area contributed by atoms with Crippen LogP contribution in [-0.2, 0) is 0 Å². The molecule has 2 aliphatic rings. The summed E-state index contributed by atoms with van der Waals surface area (Å²) >= 11 is 0. The number of hydrogen-bond donors (Lipinski definition) is 2. The molecule has 1 aromatic heterocycles. The molecule has 4 rings (SSSR count). The first kappa shape index (κ1) is 17.4. The Kier molecular flexibility index (Phi) is 5.23. The minimum Gasteiger partial charge on any atom is -0.454 e. The van der Waals surface area contributed by atoms with Crippen LogP contribution in [0.25, 0.3) is 0 Å². The number of nitrogens with one attached hydrogen (secondary N) is 2. The van der Waals surface area contributed by atoms with Crippen molar-refractivity contribution >= 4 is 17.4 Å². The summed E-state index contributed by atoms with van der Waals surface area (Å²) < 4.78 is 10.6. The highest BCUT2D eigenvalue weighted by Gasteiger charge is 2.16. The SMILES string of the molecule is O=C(Nc1ccc(NCCC2=CCCCC2)cn1)c1ccc2c(c1)OCO2. The monoisotopic (exact) mass is 365 g/mol. The Labute approximate surface area is 158 Å². The van der Waals surface area contributed by atoms with Gasteiger partial charge in [-0.3, -0.25) is 4.79 Å². The second kappa shape index (κ2) is 8.12. The van der Waals surface area contributed by atoms with Crippen molar-refractivity contribution in [2.24, 2.45) is 0 Å². The minimum absolute atomic E-state index is 0.188. The molecule has 0 unspecified atom stereocenters. The number of aromatic nitrogens is 1. The average Bonchev–Trinajstić information content (AvgIpc) is 3.18. The Bertz CT molecular complexity index is 846. The first-order valence-corrected chi connectivity index (χ1v) is 9.37. The lowest BCUT2D eigenvalue weighted by Gasteiger charge is -2.13. The molecule has 6 nitrogen and oxygen atoms in total. The van der Waals surface area contributed by atoms with Gasteiger partial charge in [0.2, 0.25) is 6.79 Å². The van der Waals surface area contributed by atoms with E-state index >= 15 is 0 Å². The number of amides is 1. The number of rotatable bonds is 6. The number of hydrogen-bond acceptors (Lipinski definition) is 5. The maximum atomic E-state index is 12.4. The lowest BCUT2D eigenvalue weighted by Crippen LogP contribution is -2.13. The molecule has 0 saturated carbocycles. The molecule has 0 bridgehead atoms. The van der Waals surface area contributed by atoms with Crippen LogP contribution in [0, 0.1) is 0 Å². The summed E-state index contributed by atoms with van der Waals surface area (Å²) in [6.45, 7) is 1.09. The van der Waals surface area contributed by atoms with E-state index in [1.807, 2.05) is 6.07 Å². The van der Waals surface area contributed by atoms with Gasteiger partial charge in [0.25, 0.3) is 5.91 Å². The molecule has 1 aliphatic heterocycles. The van der Waals surface area contributed by atoms with Crippen molar-refractivity contribution in [1.82, 2.24) is 4.98 Å². The smallest absolute Gasteiger partial charge is 0.256 e. The van der Waals surface area contributed by atoms with Crippen molar-refractivity contribution < 1.29 is 14.3 Å². The topological polar surface area (TPSA) is 72.5 Å². The van der Waals surface area contributed by atoms with Gasteiger partial charge in [-0.2, -0.15) is 0 Å². The zero-order valence-electron chi connectivity index (χ0n) is 15.2. The van der Waals surface area contributed by atoms with E-state index < -0.39 is 0 Å². The molecule has 0 fully saturated rings. The zero-order chi connectivity index (χ0) is 18.5. The van der Waals surface area contributed by atoms with Crippen LogP contribution in [0.4, 0.5) is 11.5 Å². The van der Waals surface area contributed by atoms with Crippen LogP contribution < -0.4 is 20.1 Å². The number of carbonyl (C=O) groups excluding carboxylic acids is 1. The van der Waals surface area contributed by atoms with Crippen molar-refractivity contribution in [3.8, 4) is 11.5 Å². The van der Waals surface area contributed by atoms with Gasteiger partial charge >= 0.3 is 0 Å². The number of ether oxygens (including phenoxy) is 2. The van der Waals surface area contributed by atoms with E-state index in [2.05, 4.69) is 21.7 Å². The molecule has 2 aromatic rings. The van der Waals surface area contributed by atoms with Gasteiger partial charge in [-0.25, -0.2) is 4.98 Å². The highest BCUT2D eigenvalue weighted by Crippen LogP contribution is 2.32. The van der Waals surface area contributed by atoms with Gasteiger partial charge in [0.05, 0.1) is 11.9 Å². The maximum Gasteiger partial charge on any atom is 0.256 e. The summed E-state index contributed by atoms with van der Waals surface area (Å²) in [4.78, 5) is 16.7. The van der Waals surface area contributed by atoms with Crippen LogP contribution in [0.15, 0.2) is 48.2 Å². The molecule has 1 amide bonds. The van der Waals surface area contributed by atoms with Crippen LogP contribution >= 0.6 is 0 Å². The van der Waals surface area contributed by atoms with Gasteiger partial charge in [0.1, 0.15) is 5.82 Å². The molecule has 0 spiro atoms. The number of nitrogens with zero attached hydrogens (tertiary/aromatic N) is 1. The van der Waals surface area contributed by atoms with Crippen LogP contribution in [-0.4, -0.2) is 24.2 Å². The fourth-order valence-corrected chi connectivity index (χ4v) is 3.30. The Morgan fingerprint density at radius 3 is 2.85 bits per heavy atom. The number of allylic oxidation sites excluding steroid dienone is 1. The molecule has 2 N–H and O–H groups in total. The fraction of sp³-hybridized carbons (Fsp3) is 0.333. The van der Waals surface area contributed by atoms with Gasteiger partial charge in [-0.05, 0) is 62.4 Å². The Morgan fingerprint density at radius 1 is 1.11 bits per heavy atom. The number of fused-ring (bicyclic) bond motifs is 1. The van der Waals surface area contributed by atoms with E-state index in [4.69, 9.17) is 9.47 Å². The highest BCUT2D eigenvalue weighted by molar-refractivity contribution is 6.04. The van der Waals surface area contributed by atoms with E-state index in [9.17, 15) is 4.79 Å². The molecular formula is C21H23N3O3. The van der Waals surface area contributed by atoms with Gasteiger partial charge in [-0.15, -0.1) is 0 Å². The molecule has 2 heterocycles. The Hall–Kier alpha value is -3.02. The second-order valence-electron chi connectivity index (χ2n) is 6.74. The van der Waals surface area contributed by atoms with Gasteiger partial charge in [0, 0.05) is 12.1 Å². The number of pyridine rings is 1. The van der Waals surface area contributed by atoms with Gasteiger partial charge in [-0.1, -0.05) is 11.6 Å². The van der Waals surface area contributed by atoms with E-state index in [-0.39, 0.29) is 12.7 Å². The van der Waals surface area contributed by atoms with Crippen molar-refractivity contribution in [2.45, 2.75) is 32.1 Å².